The zero-order valence-electron chi connectivity index (χ0n) is 12.3. The predicted molar refractivity (Wildman–Crippen MR) is 84.0 cm³/mol. The van der Waals surface area contributed by atoms with E-state index in [4.69, 9.17) is 0 Å². The fourth-order valence-electron chi connectivity index (χ4n) is 2.33. The van der Waals surface area contributed by atoms with Crippen molar-refractivity contribution < 1.29 is 0 Å². The maximum absolute atomic E-state index is 9.42. The number of anilines is 1. The Morgan fingerprint density at radius 3 is 2.35 bits per heavy atom. The van der Waals surface area contributed by atoms with Crippen LogP contribution in [0.4, 0.5) is 5.69 Å². The summed E-state index contributed by atoms with van der Waals surface area (Å²) in [7, 11) is 4.08. The molecule has 2 nitrogen and oxygen atoms in total. The molecule has 2 rings (SSSR count). The first-order chi connectivity index (χ1) is 9.61. The van der Waals surface area contributed by atoms with Crippen molar-refractivity contribution in [1.29, 1.82) is 5.26 Å². The lowest BCUT2D eigenvalue weighted by atomic mass is 9.91. The molecule has 0 bridgehead atoms. The number of benzene rings is 2. The van der Waals surface area contributed by atoms with Crippen LogP contribution in [-0.4, -0.2) is 14.1 Å². The van der Waals surface area contributed by atoms with Crippen LogP contribution in [0.2, 0.25) is 0 Å². The molecule has 102 valence electrons. The van der Waals surface area contributed by atoms with Crippen molar-refractivity contribution in [3.8, 4) is 6.07 Å². The van der Waals surface area contributed by atoms with Crippen molar-refractivity contribution in [2.24, 2.45) is 0 Å². The minimum atomic E-state index is -0.0832. The van der Waals surface area contributed by atoms with Crippen molar-refractivity contribution in [3.05, 3.63) is 65.2 Å². The van der Waals surface area contributed by atoms with Crippen LogP contribution in [0.1, 0.15) is 22.6 Å². The van der Waals surface area contributed by atoms with Crippen molar-refractivity contribution >= 4 is 5.69 Å². The van der Waals surface area contributed by atoms with Crippen LogP contribution in [0.3, 0.4) is 0 Å². The Hall–Kier alpha value is -2.27. The van der Waals surface area contributed by atoms with Gasteiger partial charge in [-0.25, -0.2) is 0 Å². The highest BCUT2D eigenvalue weighted by atomic mass is 15.1. The van der Waals surface area contributed by atoms with E-state index in [9.17, 15) is 5.26 Å². The summed E-state index contributed by atoms with van der Waals surface area (Å²) in [4.78, 5) is 2.09. The molecular weight excluding hydrogens is 244 g/mol. The second-order valence-corrected chi connectivity index (χ2v) is 5.30. The lowest BCUT2D eigenvalue weighted by Gasteiger charge is -2.16. The molecule has 2 aromatic rings. The largest absolute Gasteiger partial charge is 0.378 e. The Morgan fingerprint density at radius 1 is 1.10 bits per heavy atom. The van der Waals surface area contributed by atoms with Gasteiger partial charge in [-0.15, -0.1) is 0 Å². The summed E-state index contributed by atoms with van der Waals surface area (Å²) < 4.78 is 0. The molecule has 20 heavy (non-hydrogen) atoms. The van der Waals surface area contributed by atoms with E-state index in [-0.39, 0.29) is 5.92 Å². The number of rotatable bonds is 4. The van der Waals surface area contributed by atoms with E-state index in [0.29, 0.717) is 0 Å². The molecule has 0 N–H and O–H groups in total. The van der Waals surface area contributed by atoms with E-state index in [1.165, 1.54) is 16.8 Å². The number of nitriles is 1. The molecule has 0 spiro atoms. The zero-order valence-corrected chi connectivity index (χ0v) is 12.3. The first kappa shape index (κ1) is 14.1. The van der Waals surface area contributed by atoms with Gasteiger partial charge in [0.25, 0.3) is 0 Å². The molecule has 0 radical (unpaired) electrons. The Morgan fingerprint density at radius 2 is 1.80 bits per heavy atom. The molecule has 0 fully saturated rings. The standard InChI is InChI=1S/C18H20N2/c1-14-11-18(20(2)3)10-9-16(14)12-17(13-19)15-7-5-4-6-8-15/h4-11,17H,12H2,1-3H3. The van der Waals surface area contributed by atoms with Crippen LogP contribution in [0.5, 0.6) is 0 Å². The molecule has 2 heteroatoms. The highest BCUT2D eigenvalue weighted by molar-refractivity contribution is 5.50. The SMILES string of the molecule is Cc1cc(N(C)C)ccc1CC(C#N)c1ccccc1. The summed E-state index contributed by atoms with van der Waals surface area (Å²) in [5, 5.41) is 9.42. The third-order valence-electron chi connectivity index (χ3n) is 3.62. The van der Waals surface area contributed by atoms with Gasteiger partial charge in [0.1, 0.15) is 0 Å². The quantitative estimate of drug-likeness (QED) is 0.837. The molecule has 0 saturated carbocycles. The van der Waals surface area contributed by atoms with Crippen LogP contribution >= 0.6 is 0 Å². The van der Waals surface area contributed by atoms with E-state index < -0.39 is 0 Å². The van der Waals surface area contributed by atoms with Crippen LogP contribution < -0.4 is 4.90 Å². The number of hydrogen-bond acceptors (Lipinski definition) is 2. The van der Waals surface area contributed by atoms with Gasteiger partial charge in [0.2, 0.25) is 0 Å². The summed E-state index contributed by atoms with van der Waals surface area (Å²) in [6, 6.07) is 18.9. The maximum atomic E-state index is 9.42. The molecule has 0 heterocycles. The summed E-state index contributed by atoms with van der Waals surface area (Å²) in [5.74, 6) is -0.0832. The molecular formula is C18H20N2. The van der Waals surface area contributed by atoms with Crippen molar-refractivity contribution in [2.75, 3.05) is 19.0 Å². The van der Waals surface area contributed by atoms with E-state index >= 15 is 0 Å². The maximum Gasteiger partial charge on any atom is 0.0753 e. The zero-order chi connectivity index (χ0) is 14.5. The summed E-state index contributed by atoms with van der Waals surface area (Å²) in [5.41, 5.74) is 4.77. The van der Waals surface area contributed by atoms with E-state index in [2.05, 4.69) is 36.1 Å². The van der Waals surface area contributed by atoms with Crippen molar-refractivity contribution in [2.45, 2.75) is 19.3 Å². The van der Waals surface area contributed by atoms with E-state index in [1.54, 1.807) is 0 Å². The van der Waals surface area contributed by atoms with Gasteiger partial charge >= 0.3 is 0 Å². The van der Waals surface area contributed by atoms with Gasteiger partial charge < -0.3 is 4.90 Å². The number of hydrogen-bond donors (Lipinski definition) is 0. The average molecular weight is 264 g/mol. The first-order valence-electron chi connectivity index (χ1n) is 6.83. The molecule has 1 atom stereocenters. The molecule has 2 aromatic carbocycles. The minimum absolute atomic E-state index is 0.0832. The van der Waals surface area contributed by atoms with E-state index in [1.807, 2.05) is 44.4 Å². The first-order valence-corrected chi connectivity index (χ1v) is 6.83. The third kappa shape index (κ3) is 3.19. The van der Waals surface area contributed by atoms with Crippen LogP contribution in [0, 0.1) is 18.3 Å². The number of aryl methyl sites for hydroxylation is 1. The summed E-state index contributed by atoms with van der Waals surface area (Å²) in [6.07, 6.45) is 0.764. The Balaban J connectivity index is 2.23. The molecule has 1 unspecified atom stereocenters. The molecule has 0 amide bonds. The van der Waals surface area contributed by atoms with Gasteiger partial charge in [0.05, 0.1) is 12.0 Å². The van der Waals surface area contributed by atoms with Gasteiger partial charge in [-0.3, -0.25) is 0 Å². The van der Waals surface area contributed by atoms with Gasteiger partial charge in [0, 0.05) is 19.8 Å². The van der Waals surface area contributed by atoms with Gasteiger partial charge in [0.15, 0.2) is 0 Å². The van der Waals surface area contributed by atoms with Gasteiger partial charge in [-0.1, -0.05) is 36.4 Å². The van der Waals surface area contributed by atoms with Crippen LogP contribution in [0.15, 0.2) is 48.5 Å². The normalized spacial score (nSPS) is 11.7. The Bertz CT molecular complexity index is 609. The van der Waals surface area contributed by atoms with Crippen LogP contribution in [-0.2, 0) is 6.42 Å². The molecule has 0 aliphatic rings. The molecule has 0 aromatic heterocycles. The topological polar surface area (TPSA) is 27.0 Å². The van der Waals surface area contributed by atoms with Crippen molar-refractivity contribution in [1.82, 2.24) is 0 Å². The average Bonchev–Trinajstić information content (AvgIpc) is 2.46. The predicted octanol–water partition coefficient (Wildman–Crippen LogP) is 3.91. The minimum Gasteiger partial charge on any atom is -0.378 e. The second kappa shape index (κ2) is 6.25. The summed E-state index contributed by atoms with van der Waals surface area (Å²) >= 11 is 0. The fourth-order valence-corrected chi connectivity index (χ4v) is 2.33. The van der Waals surface area contributed by atoms with Gasteiger partial charge in [-0.05, 0) is 42.2 Å². The highest BCUT2D eigenvalue weighted by Crippen LogP contribution is 2.24. The van der Waals surface area contributed by atoms with Crippen LogP contribution in [0.25, 0.3) is 0 Å². The second-order valence-electron chi connectivity index (χ2n) is 5.30. The van der Waals surface area contributed by atoms with Crippen molar-refractivity contribution in [3.63, 3.8) is 0 Å². The fraction of sp³-hybridized carbons (Fsp3) is 0.278. The van der Waals surface area contributed by atoms with E-state index in [0.717, 1.165) is 12.0 Å². The Kier molecular flexibility index (Phi) is 4.42. The number of nitrogens with zero attached hydrogens (tertiary/aromatic N) is 2. The highest BCUT2D eigenvalue weighted by Gasteiger charge is 2.12. The smallest absolute Gasteiger partial charge is 0.0753 e. The monoisotopic (exact) mass is 264 g/mol. The molecule has 0 aliphatic carbocycles. The molecule has 0 saturated heterocycles. The lowest BCUT2D eigenvalue weighted by molar-refractivity contribution is 0.843. The molecule has 0 aliphatic heterocycles. The Labute approximate surface area is 121 Å². The lowest BCUT2D eigenvalue weighted by Crippen LogP contribution is -2.09. The third-order valence-corrected chi connectivity index (χ3v) is 3.62. The van der Waals surface area contributed by atoms with Gasteiger partial charge in [-0.2, -0.15) is 5.26 Å². The summed E-state index contributed by atoms with van der Waals surface area (Å²) in [6.45, 7) is 2.11.